The van der Waals surface area contributed by atoms with Crippen molar-refractivity contribution in [3.8, 4) is 28.0 Å². The maximum absolute atomic E-state index is 13.6. The quantitative estimate of drug-likeness (QED) is 0.369. The van der Waals surface area contributed by atoms with Crippen LogP contribution in [-0.2, 0) is 0 Å². The Bertz CT molecular complexity index is 1310. The number of anilines is 1. The van der Waals surface area contributed by atoms with Crippen LogP contribution in [0.2, 0.25) is 0 Å². The maximum Gasteiger partial charge on any atom is 0.167 e. The number of carbonyl (C=O) groups excluding carboxylic acids is 1. The zero-order chi connectivity index (χ0) is 22.9. The molecule has 0 saturated carbocycles. The fourth-order valence-electron chi connectivity index (χ4n) is 4.29. The molecule has 0 amide bonds. The van der Waals surface area contributed by atoms with E-state index in [1.165, 1.54) is 24.3 Å². The van der Waals surface area contributed by atoms with Crippen LogP contribution >= 0.6 is 0 Å². The summed E-state index contributed by atoms with van der Waals surface area (Å²) in [6.45, 7) is 0. The number of nitrogens with one attached hydrogen (secondary N) is 1. The Labute approximate surface area is 190 Å². The van der Waals surface area contributed by atoms with E-state index in [1.807, 2.05) is 36.4 Å². The zero-order valence-electron chi connectivity index (χ0n) is 17.9. The molecule has 1 atom stereocenters. The molecular weight excluding hydrogens is 420 g/mol. The van der Waals surface area contributed by atoms with E-state index < -0.39 is 0 Å². The van der Waals surface area contributed by atoms with E-state index in [-0.39, 0.29) is 23.5 Å². The van der Waals surface area contributed by atoms with Gasteiger partial charge < -0.3 is 10.1 Å². The van der Waals surface area contributed by atoms with E-state index in [0.29, 0.717) is 17.7 Å². The van der Waals surface area contributed by atoms with Crippen molar-refractivity contribution in [2.75, 3.05) is 12.4 Å². The molecule has 3 nitrogen and oxygen atoms in total. The second-order valence-electron chi connectivity index (χ2n) is 8.06. The van der Waals surface area contributed by atoms with Crippen LogP contribution < -0.4 is 10.1 Å². The molecular formula is C28H21F2NO2. The van der Waals surface area contributed by atoms with Gasteiger partial charge in [0.2, 0.25) is 0 Å². The molecule has 5 heteroatoms. The molecule has 4 aromatic carbocycles. The molecule has 33 heavy (non-hydrogen) atoms. The minimum absolute atomic E-state index is 0.00884. The van der Waals surface area contributed by atoms with Crippen LogP contribution in [0.5, 0.6) is 5.75 Å². The molecule has 5 rings (SSSR count). The third kappa shape index (κ3) is 4.10. The molecule has 4 aromatic rings. The first-order valence-corrected chi connectivity index (χ1v) is 10.7. The van der Waals surface area contributed by atoms with E-state index in [4.69, 9.17) is 4.74 Å². The number of Topliss-reactive ketones (excluding diaryl/α,β-unsaturated/α-hetero) is 1. The van der Waals surface area contributed by atoms with Crippen LogP contribution in [0.25, 0.3) is 22.3 Å². The smallest absolute Gasteiger partial charge is 0.167 e. The molecule has 0 saturated heterocycles. The van der Waals surface area contributed by atoms with Crippen LogP contribution in [0.4, 0.5) is 14.5 Å². The molecule has 0 spiro atoms. The van der Waals surface area contributed by atoms with Gasteiger partial charge in [-0.05, 0) is 76.3 Å². The number of carbonyl (C=O) groups is 1. The fourth-order valence-corrected chi connectivity index (χ4v) is 4.29. The van der Waals surface area contributed by atoms with Gasteiger partial charge in [0.15, 0.2) is 5.78 Å². The van der Waals surface area contributed by atoms with Gasteiger partial charge in [-0.3, -0.25) is 4.79 Å². The number of ether oxygens (including phenoxy) is 1. The van der Waals surface area contributed by atoms with Crippen LogP contribution in [-0.4, -0.2) is 12.9 Å². The molecule has 0 radical (unpaired) electrons. The van der Waals surface area contributed by atoms with Gasteiger partial charge >= 0.3 is 0 Å². The SMILES string of the molecule is COc1ccc(C2CC(=O)c3c(cc(-c4ccc(F)cc4)cc3-c3ccc(F)cc3)N2)cc1. The van der Waals surface area contributed by atoms with Crippen LogP contribution in [0.3, 0.4) is 0 Å². The lowest BCUT2D eigenvalue weighted by atomic mass is 9.85. The van der Waals surface area contributed by atoms with Crippen LogP contribution in [0, 0.1) is 11.6 Å². The van der Waals surface area contributed by atoms with Gasteiger partial charge in [-0.25, -0.2) is 8.78 Å². The number of rotatable bonds is 4. The lowest BCUT2D eigenvalue weighted by Crippen LogP contribution is -2.23. The van der Waals surface area contributed by atoms with Crippen molar-refractivity contribution >= 4 is 11.5 Å². The van der Waals surface area contributed by atoms with Gasteiger partial charge in [-0.2, -0.15) is 0 Å². The molecule has 1 aliphatic rings. The standard InChI is InChI=1S/C28H21F2NO2/c1-33-23-12-6-19(7-13-23)25-16-27(32)28-24(18-4-10-22(30)11-5-18)14-20(15-26(28)31-25)17-2-8-21(29)9-3-17/h2-15,25,31H,16H2,1H3. The Morgan fingerprint density at radius 2 is 1.39 bits per heavy atom. The van der Waals surface area contributed by atoms with Crippen molar-refractivity contribution in [1.82, 2.24) is 0 Å². The van der Waals surface area contributed by atoms with Crippen molar-refractivity contribution in [3.63, 3.8) is 0 Å². The predicted octanol–water partition coefficient (Wildman–Crippen LogP) is 7.05. The third-order valence-corrected chi connectivity index (χ3v) is 5.99. The Morgan fingerprint density at radius 1 is 0.788 bits per heavy atom. The second-order valence-corrected chi connectivity index (χ2v) is 8.06. The Morgan fingerprint density at radius 3 is 2.00 bits per heavy atom. The zero-order valence-corrected chi connectivity index (χ0v) is 17.9. The normalized spacial score (nSPS) is 15.0. The van der Waals surface area contributed by atoms with E-state index in [0.717, 1.165) is 33.6 Å². The first-order chi connectivity index (χ1) is 16.0. The maximum atomic E-state index is 13.6. The molecule has 0 fully saturated rings. The van der Waals surface area contributed by atoms with E-state index in [9.17, 15) is 13.6 Å². The summed E-state index contributed by atoms with van der Waals surface area (Å²) >= 11 is 0. The summed E-state index contributed by atoms with van der Waals surface area (Å²) in [7, 11) is 1.61. The van der Waals surface area contributed by atoms with Gasteiger partial charge in [0.1, 0.15) is 17.4 Å². The molecule has 0 aliphatic carbocycles. The summed E-state index contributed by atoms with van der Waals surface area (Å²) in [6, 6.07) is 23.6. The molecule has 164 valence electrons. The number of hydrogen-bond acceptors (Lipinski definition) is 3. The average Bonchev–Trinajstić information content (AvgIpc) is 2.84. The van der Waals surface area contributed by atoms with E-state index in [2.05, 4.69) is 5.32 Å². The van der Waals surface area contributed by atoms with Crippen molar-refractivity contribution in [2.45, 2.75) is 12.5 Å². The van der Waals surface area contributed by atoms with Crippen molar-refractivity contribution in [1.29, 1.82) is 0 Å². The number of benzene rings is 4. The number of fused-ring (bicyclic) bond motifs is 1. The summed E-state index contributed by atoms with van der Waals surface area (Å²) in [6.07, 6.45) is 0.295. The largest absolute Gasteiger partial charge is 0.497 e. The van der Waals surface area contributed by atoms with Crippen LogP contribution in [0.15, 0.2) is 84.9 Å². The summed E-state index contributed by atoms with van der Waals surface area (Å²) in [5.41, 5.74) is 5.38. The molecule has 1 aliphatic heterocycles. The van der Waals surface area contributed by atoms with E-state index in [1.54, 1.807) is 31.4 Å². The van der Waals surface area contributed by atoms with Gasteiger partial charge in [0.05, 0.1) is 13.2 Å². The second kappa shape index (κ2) is 8.51. The molecule has 1 heterocycles. The molecule has 1 unspecified atom stereocenters. The van der Waals surface area contributed by atoms with Crippen molar-refractivity contribution in [2.24, 2.45) is 0 Å². The molecule has 0 bridgehead atoms. The third-order valence-electron chi connectivity index (χ3n) is 5.99. The number of ketones is 1. The molecule has 0 aromatic heterocycles. The first kappa shape index (κ1) is 20.9. The highest BCUT2D eigenvalue weighted by Gasteiger charge is 2.29. The average molecular weight is 441 g/mol. The monoisotopic (exact) mass is 441 g/mol. The highest BCUT2D eigenvalue weighted by Crippen LogP contribution is 2.41. The van der Waals surface area contributed by atoms with Gasteiger partial charge in [0, 0.05) is 17.7 Å². The summed E-state index contributed by atoms with van der Waals surface area (Å²) in [5.74, 6) is 0.0997. The molecule has 1 N–H and O–H groups in total. The van der Waals surface area contributed by atoms with Crippen molar-refractivity contribution < 1.29 is 18.3 Å². The highest BCUT2D eigenvalue weighted by molar-refractivity contribution is 6.10. The Hall–Kier alpha value is -3.99. The first-order valence-electron chi connectivity index (χ1n) is 10.7. The van der Waals surface area contributed by atoms with Gasteiger partial charge in [-0.1, -0.05) is 36.4 Å². The number of methoxy groups -OCH3 is 1. The van der Waals surface area contributed by atoms with Crippen LogP contribution in [0.1, 0.15) is 28.4 Å². The minimum Gasteiger partial charge on any atom is -0.497 e. The lowest BCUT2D eigenvalue weighted by Gasteiger charge is -2.29. The summed E-state index contributed by atoms with van der Waals surface area (Å²) in [5, 5.41) is 3.51. The highest BCUT2D eigenvalue weighted by atomic mass is 19.1. The summed E-state index contributed by atoms with van der Waals surface area (Å²) in [4.78, 5) is 13.4. The number of hydrogen-bond donors (Lipinski definition) is 1. The lowest BCUT2D eigenvalue weighted by molar-refractivity contribution is 0.0973. The van der Waals surface area contributed by atoms with E-state index >= 15 is 0 Å². The van der Waals surface area contributed by atoms with Gasteiger partial charge in [0.25, 0.3) is 0 Å². The Balaban J connectivity index is 1.63. The summed E-state index contributed by atoms with van der Waals surface area (Å²) < 4.78 is 32.3. The van der Waals surface area contributed by atoms with Crippen molar-refractivity contribution in [3.05, 3.63) is 108 Å². The number of halogens is 2. The van der Waals surface area contributed by atoms with Gasteiger partial charge in [-0.15, -0.1) is 0 Å². The minimum atomic E-state index is -0.341. The fraction of sp³-hybridized carbons (Fsp3) is 0.107. The Kier molecular flexibility index (Phi) is 5.38. The predicted molar refractivity (Wildman–Crippen MR) is 126 cm³/mol. The topological polar surface area (TPSA) is 38.3 Å².